The summed E-state index contributed by atoms with van der Waals surface area (Å²) in [6.45, 7) is 1.16. The van der Waals surface area contributed by atoms with E-state index in [-0.39, 0.29) is 10.6 Å². The van der Waals surface area contributed by atoms with Crippen LogP contribution < -0.4 is 5.32 Å². The van der Waals surface area contributed by atoms with Gasteiger partial charge in [-0.1, -0.05) is 29.3 Å². The molecule has 0 spiro atoms. The third-order valence-corrected chi connectivity index (χ3v) is 4.73. The summed E-state index contributed by atoms with van der Waals surface area (Å²) < 4.78 is 0. The molecule has 6 nitrogen and oxygen atoms in total. The molecule has 1 atom stereocenters. The molecule has 0 radical (unpaired) electrons. The van der Waals surface area contributed by atoms with Gasteiger partial charge in [-0.25, -0.2) is 4.79 Å². The number of amides is 3. The second-order valence-electron chi connectivity index (χ2n) is 5.71. The summed E-state index contributed by atoms with van der Waals surface area (Å²) in [7, 11) is 0. The lowest BCUT2D eigenvalue weighted by Crippen LogP contribution is -2.42. The summed E-state index contributed by atoms with van der Waals surface area (Å²) in [6.07, 6.45) is 1.53. The average Bonchev–Trinajstić information content (AvgIpc) is 2.82. The highest BCUT2D eigenvalue weighted by atomic mass is 35.5. The molecule has 1 unspecified atom stereocenters. The number of imide groups is 1. The highest BCUT2D eigenvalue weighted by molar-refractivity contribution is 6.42. The van der Waals surface area contributed by atoms with Gasteiger partial charge in [-0.05, 0) is 37.3 Å². The number of nitrogens with one attached hydrogen (secondary N) is 1. The molecule has 2 heterocycles. The summed E-state index contributed by atoms with van der Waals surface area (Å²) in [5.74, 6) is -0.961. The third-order valence-electron chi connectivity index (χ3n) is 4.00. The van der Waals surface area contributed by atoms with Gasteiger partial charge in [0.15, 0.2) is 11.3 Å². The van der Waals surface area contributed by atoms with E-state index in [2.05, 4.69) is 10.3 Å². The van der Waals surface area contributed by atoms with Gasteiger partial charge < -0.3 is 5.32 Å². The van der Waals surface area contributed by atoms with E-state index in [9.17, 15) is 14.4 Å². The minimum absolute atomic E-state index is 0.225. The fraction of sp³-hybridized carbons (Fsp3) is 0.176. The first-order valence-electron chi connectivity index (χ1n) is 7.37. The first-order valence-corrected chi connectivity index (χ1v) is 8.12. The van der Waals surface area contributed by atoms with Gasteiger partial charge in [-0.2, -0.15) is 0 Å². The molecule has 1 aliphatic rings. The zero-order valence-corrected chi connectivity index (χ0v) is 14.6. The standard InChI is InChI=1S/C17H13Cl2N3O3/c1-17(14-4-2-3-7-20-14)15(24)22(16(25)21-17)9-13(23)10-5-6-11(18)12(19)8-10/h2-8H,9H2,1H3,(H,21,25). The Morgan fingerprint density at radius 3 is 2.60 bits per heavy atom. The molecular weight excluding hydrogens is 365 g/mol. The van der Waals surface area contributed by atoms with Crippen molar-refractivity contribution in [2.75, 3.05) is 6.54 Å². The lowest BCUT2D eigenvalue weighted by Gasteiger charge is -2.20. The summed E-state index contributed by atoms with van der Waals surface area (Å²) in [4.78, 5) is 42.4. The van der Waals surface area contributed by atoms with Gasteiger partial charge in [-0.15, -0.1) is 0 Å². The number of urea groups is 1. The van der Waals surface area contributed by atoms with Crippen LogP contribution in [0.1, 0.15) is 23.0 Å². The number of ketones is 1. The van der Waals surface area contributed by atoms with E-state index in [1.54, 1.807) is 25.1 Å². The lowest BCUT2D eigenvalue weighted by atomic mass is 9.97. The Hall–Kier alpha value is -2.44. The Labute approximate surface area is 153 Å². The van der Waals surface area contributed by atoms with Crippen molar-refractivity contribution < 1.29 is 14.4 Å². The summed E-state index contributed by atoms with van der Waals surface area (Å²) in [5.41, 5.74) is -0.643. The number of pyridine rings is 1. The van der Waals surface area contributed by atoms with Crippen LogP contribution in [-0.2, 0) is 10.3 Å². The number of carbonyl (C=O) groups is 3. The number of hydrogen-bond donors (Lipinski definition) is 1. The lowest BCUT2D eigenvalue weighted by molar-refractivity contribution is -0.130. The van der Waals surface area contributed by atoms with E-state index in [1.165, 1.54) is 24.4 Å². The number of Topliss-reactive ketones (excluding diaryl/α,β-unsaturated/α-hetero) is 1. The maximum Gasteiger partial charge on any atom is 0.325 e. The summed E-state index contributed by atoms with van der Waals surface area (Å²) >= 11 is 11.7. The molecule has 1 aliphatic heterocycles. The normalized spacial score (nSPS) is 19.9. The predicted molar refractivity (Wildman–Crippen MR) is 92.6 cm³/mol. The third kappa shape index (κ3) is 3.10. The molecule has 1 aromatic carbocycles. The van der Waals surface area contributed by atoms with Crippen molar-refractivity contribution >= 4 is 40.9 Å². The first-order chi connectivity index (χ1) is 11.8. The van der Waals surface area contributed by atoms with Crippen molar-refractivity contribution in [2.45, 2.75) is 12.5 Å². The zero-order valence-electron chi connectivity index (χ0n) is 13.1. The monoisotopic (exact) mass is 377 g/mol. The van der Waals surface area contributed by atoms with E-state index in [4.69, 9.17) is 23.2 Å². The van der Waals surface area contributed by atoms with Crippen molar-refractivity contribution in [3.63, 3.8) is 0 Å². The number of hydrogen-bond acceptors (Lipinski definition) is 4. The van der Waals surface area contributed by atoms with E-state index in [0.29, 0.717) is 10.7 Å². The van der Waals surface area contributed by atoms with Crippen LogP contribution in [-0.4, -0.2) is 34.2 Å². The van der Waals surface area contributed by atoms with Crippen LogP contribution in [0.25, 0.3) is 0 Å². The molecule has 3 amide bonds. The molecule has 1 saturated heterocycles. The maximum atomic E-state index is 12.7. The Morgan fingerprint density at radius 1 is 1.20 bits per heavy atom. The molecule has 0 saturated carbocycles. The molecule has 3 rings (SSSR count). The Morgan fingerprint density at radius 2 is 1.96 bits per heavy atom. The highest BCUT2D eigenvalue weighted by Crippen LogP contribution is 2.28. The van der Waals surface area contributed by atoms with E-state index in [0.717, 1.165) is 4.90 Å². The van der Waals surface area contributed by atoms with Crippen molar-refractivity contribution in [2.24, 2.45) is 0 Å². The predicted octanol–water partition coefficient (Wildman–Crippen LogP) is 3.04. The smallest absolute Gasteiger partial charge is 0.318 e. The number of carbonyl (C=O) groups excluding carboxylic acids is 3. The number of halogens is 2. The quantitative estimate of drug-likeness (QED) is 0.655. The fourth-order valence-electron chi connectivity index (χ4n) is 2.58. The number of nitrogens with zero attached hydrogens (tertiary/aromatic N) is 2. The van der Waals surface area contributed by atoms with E-state index in [1.807, 2.05) is 0 Å². The van der Waals surface area contributed by atoms with Gasteiger partial charge in [-0.3, -0.25) is 19.5 Å². The molecule has 1 aromatic heterocycles. The average molecular weight is 378 g/mol. The van der Waals surface area contributed by atoms with Gasteiger partial charge in [0.2, 0.25) is 0 Å². The molecule has 25 heavy (non-hydrogen) atoms. The first kappa shape index (κ1) is 17.4. The second-order valence-corrected chi connectivity index (χ2v) is 6.53. The Bertz CT molecular complexity index is 873. The number of rotatable bonds is 4. The molecule has 2 aromatic rings. The van der Waals surface area contributed by atoms with Crippen LogP contribution in [0.5, 0.6) is 0 Å². The molecule has 0 bridgehead atoms. The highest BCUT2D eigenvalue weighted by Gasteiger charge is 2.50. The minimum Gasteiger partial charge on any atom is -0.318 e. The van der Waals surface area contributed by atoms with Crippen molar-refractivity contribution in [1.29, 1.82) is 0 Å². The van der Waals surface area contributed by atoms with Crippen molar-refractivity contribution in [3.05, 3.63) is 63.9 Å². The molecule has 1 fully saturated rings. The Kier molecular flexibility index (Phi) is 4.49. The van der Waals surface area contributed by atoms with Crippen LogP contribution in [0.15, 0.2) is 42.6 Å². The molecule has 8 heteroatoms. The van der Waals surface area contributed by atoms with Gasteiger partial charge >= 0.3 is 6.03 Å². The zero-order chi connectivity index (χ0) is 18.2. The molecular formula is C17H13Cl2N3O3. The topological polar surface area (TPSA) is 79.4 Å². The number of aromatic nitrogens is 1. The van der Waals surface area contributed by atoms with Crippen LogP contribution in [0.3, 0.4) is 0 Å². The van der Waals surface area contributed by atoms with Crippen molar-refractivity contribution in [1.82, 2.24) is 15.2 Å². The van der Waals surface area contributed by atoms with Crippen LogP contribution in [0.2, 0.25) is 10.0 Å². The van der Waals surface area contributed by atoms with Crippen LogP contribution in [0.4, 0.5) is 4.79 Å². The molecule has 1 N–H and O–H groups in total. The van der Waals surface area contributed by atoms with Gasteiger partial charge in [0.25, 0.3) is 5.91 Å². The summed E-state index contributed by atoms with van der Waals surface area (Å²) in [6, 6.07) is 8.81. The van der Waals surface area contributed by atoms with Crippen LogP contribution >= 0.6 is 23.2 Å². The van der Waals surface area contributed by atoms with Crippen molar-refractivity contribution in [3.8, 4) is 0 Å². The minimum atomic E-state index is -1.31. The van der Waals surface area contributed by atoms with E-state index >= 15 is 0 Å². The Balaban J connectivity index is 1.83. The van der Waals surface area contributed by atoms with Gasteiger partial charge in [0, 0.05) is 11.8 Å². The largest absolute Gasteiger partial charge is 0.325 e. The van der Waals surface area contributed by atoms with Gasteiger partial charge in [0.05, 0.1) is 22.3 Å². The number of benzene rings is 1. The SMILES string of the molecule is CC1(c2ccccn2)NC(=O)N(CC(=O)c2ccc(Cl)c(Cl)c2)C1=O. The maximum absolute atomic E-state index is 12.7. The molecule has 0 aliphatic carbocycles. The summed E-state index contributed by atoms with van der Waals surface area (Å²) in [5, 5.41) is 3.14. The second kappa shape index (κ2) is 6.46. The molecule has 128 valence electrons. The van der Waals surface area contributed by atoms with E-state index < -0.39 is 29.8 Å². The fourth-order valence-corrected chi connectivity index (χ4v) is 2.88. The van der Waals surface area contributed by atoms with Gasteiger partial charge in [0.1, 0.15) is 0 Å². The van der Waals surface area contributed by atoms with Crippen LogP contribution in [0, 0.1) is 0 Å².